The van der Waals surface area contributed by atoms with Gasteiger partial charge in [0.25, 0.3) is 5.91 Å². The number of hydrogen-bond acceptors (Lipinski definition) is 8. The molecule has 0 bridgehead atoms. The number of benzene rings is 2. The molecule has 1 N–H and O–H groups in total. The molecule has 0 saturated heterocycles. The zero-order valence-corrected chi connectivity index (χ0v) is 20.3. The van der Waals surface area contributed by atoms with Crippen LogP contribution >= 0.6 is 35.1 Å². The smallest absolute Gasteiger partial charge is 0.251 e. The predicted molar refractivity (Wildman–Crippen MR) is 126 cm³/mol. The number of fused-ring (bicyclic) bond motifs is 1. The van der Waals surface area contributed by atoms with Gasteiger partial charge in [0.05, 0.1) is 15.8 Å². The Morgan fingerprint density at radius 3 is 2.67 bits per heavy atom. The fourth-order valence-electron chi connectivity index (χ4n) is 3.34. The van der Waals surface area contributed by atoms with Crippen molar-refractivity contribution in [3.8, 4) is 0 Å². The summed E-state index contributed by atoms with van der Waals surface area (Å²) in [6.07, 6.45) is 0. The van der Waals surface area contributed by atoms with Gasteiger partial charge in [-0.05, 0) is 42.8 Å². The number of Topliss-reactive ketones (excluding diaryl/α,β-unsaturated/α-hetero) is 1. The number of carbonyl (C=O) groups excluding carboxylic acids is 2. The summed E-state index contributed by atoms with van der Waals surface area (Å²) in [5, 5.41) is 6.83. The van der Waals surface area contributed by atoms with Crippen LogP contribution in [0.1, 0.15) is 21.7 Å². The van der Waals surface area contributed by atoms with Crippen molar-refractivity contribution in [3.63, 3.8) is 0 Å². The van der Waals surface area contributed by atoms with Crippen LogP contribution in [0.15, 0.2) is 57.9 Å². The summed E-state index contributed by atoms with van der Waals surface area (Å²) in [7, 11) is -1.97. The molecular weight excluding hydrogens is 509 g/mol. The largest absolute Gasteiger partial charge is 0.358 e. The Kier molecular flexibility index (Phi) is 6.83. The number of ketones is 1. The SMILES string of the molecule is CN1Sc2ccccc2C(=O)C1C(=O)Nc1cc(CS(=O)(=O)Cc2ccc(Cl)c(Cl)c2)on1. The van der Waals surface area contributed by atoms with Crippen molar-refractivity contribution >= 4 is 62.5 Å². The van der Waals surface area contributed by atoms with Crippen LogP contribution in [0.4, 0.5) is 5.82 Å². The van der Waals surface area contributed by atoms with Crippen LogP contribution in [0, 0.1) is 0 Å². The highest BCUT2D eigenvalue weighted by Gasteiger charge is 2.38. The Balaban J connectivity index is 1.42. The first-order valence-electron chi connectivity index (χ1n) is 9.58. The lowest BCUT2D eigenvalue weighted by Crippen LogP contribution is -2.46. The third-order valence-electron chi connectivity index (χ3n) is 4.80. The molecule has 1 amide bonds. The molecule has 1 aliphatic heterocycles. The monoisotopic (exact) mass is 525 g/mol. The van der Waals surface area contributed by atoms with Crippen molar-refractivity contribution in [3.05, 3.63) is 75.5 Å². The van der Waals surface area contributed by atoms with Gasteiger partial charge in [0.15, 0.2) is 33.2 Å². The van der Waals surface area contributed by atoms with Crippen molar-refractivity contribution in [1.29, 1.82) is 0 Å². The number of aromatic nitrogens is 1. The maximum absolute atomic E-state index is 12.8. The maximum atomic E-state index is 12.8. The van der Waals surface area contributed by atoms with E-state index in [1.54, 1.807) is 29.6 Å². The van der Waals surface area contributed by atoms with Crippen LogP contribution in [0.2, 0.25) is 10.0 Å². The van der Waals surface area contributed by atoms with E-state index in [-0.39, 0.29) is 28.1 Å². The lowest BCUT2D eigenvalue weighted by molar-refractivity contribution is -0.118. The minimum atomic E-state index is -3.62. The van der Waals surface area contributed by atoms with Gasteiger partial charge in [-0.25, -0.2) is 12.7 Å². The summed E-state index contributed by atoms with van der Waals surface area (Å²) in [5.41, 5.74) is 0.948. The Hall–Kier alpha value is -2.37. The molecule has 1 aliphatic rings. The van der Waals surface area contributed by atoms with E-state index in [9.17, 15) is 18.0 Å². The average molecular weight is 526 g/mol. The average Bonchev–Trinajstić information content (AvgIpc) is 3.16. The highest BCUT2D eigenvalue weighted by molar-refractivity contribution is 7.97. The Bertz CT molecular complexity index is 1340. The zero-order valence-electron chi connectivity index (χ0n) is 17.1. The molecular formula is C21H17Cl2N3O5S2. The van der Waals surface area contributed by atoms with Gasteiger partial charge < -0.3 is 9.84 Å². The van der Waals surface area contributed by atoms with Gasteiger partial charge in [0, 0.05) is 16.5 Å². The molecule has 3 aromatic rings. The summed E-state index contributed by atoms with van der Waals surface area (Å²) in [6.45, 7) is 0. The first kappa shape index (κ1) is 23.8. The molecule has 2 heterocycles. The number of likely N-dealkylation sites (N-methyl/N-ethyl adjacent to an activating group) is 1. The second kappa shape index (κ2) is 9.47. The Morgan fingerprint density at radius 2 is 1.91 bits per heavy atom. The summed E-state index contributed by atoms with van der Waals surface area (Å²) in [5.74, 6) is -1.57. The molecule has 2 aromatic carbocycles. The number of nitrogens with zero attached hydrogens (tertiary/aromatic N) is 2. The van der Waals surface area contributed by atoms with E-state index in [1.165, 1.54) is 30.1 Å². The molecule has 1 aromatic heterocycles. The van der Waals surface area contributed by atoms with Crippen molar-refractivity contribution in [2.75, 3.05) is 12.4 Å². The van der Waals surface area contributed by atoms with Crippen LogP contribution in [-0.4, -0.2) is 42.7 Å². The maximum Gasteiger partial charge on any atom is 0.251 e. The van der Waals surface area contributed by atoms with E-state index in [1.807, 2.05) is 12.1 Å². The first-order chi connectivity index (χ1) is 15.6. The number of rotatable bonds is 6. The molecule has 1 atom stereocenters. The molecule has 0 fully saturated rings. The van der Waals surface area contributed by atoms with Crippen molar-refractivity contribution < 1.29 is 22.5 Å². The third-order valence-corrected chi connectivity index (χ3v) is 8.09. The Labute approximate surface area is 204 Å². The number of halogens is 2. The highest BCUT2D eigenvalue weighted by atomic mass is 35.5. The van der Waals surface area contributed by atoms with E-state index in [2.05, 4.69) is 10.5 Å². The second-order valence-electron chi connectivity index (χ2n) is 7.35. The van der Waals surface area contributed by atoms with Gasteiger partial charge in [-0.3, -0.25) is 9.59 Å². The minimum Gasteiger partial charge on any atom is -0.358 e. The van der Waals surface area contributed by atoms with E-state index in [0.29, 0.717) is 16.1 Å². The van der Waals surface area contributed by atoms with Crippen LogP contribution in [0.3, 0.4) is 0 Å². The number of nitrogens with one attached hydrogen (secondary N) is 1. The molecule has 4 rings (SSSR count). The number of hydrogen-bond donors (Lipinski definition) is 1. The van der Waals surface area contributed by atoms with Crippen LogP contribution < -0.4 is 5.32 Å². The van der Waals surface area contributed by atoms with Gasteiger partial charge >= 0.3 is 0 Å². The van der Waals surface area contributed by atoms with Crippen molar-refractivity contribution in [1.82, 2.24) is 9.46 Å². The van der Waals surface area contributed by atoms with Gasteiger partial charge in [0.2, 0.25) is 0 Å². The Morgan fingerprint density at radius 1 is 1.15 bits per heavy atom. The summed E-state index contributed by atoms with van der Waals surface area (Å²) >= 11 is 13.1. The second-order valence-corrected chi connectivity index (χ2v) is 11.4. The van der Waals surface area contributed by atoms with Gasteiger partial charge in [-0.2, -0.15) is 0 Å². The quantitative estimate of drug-likeness (QED) is 0.375. The van der Waals surface area contributed by atoms with E-state index >= 15 is 0 Å². The fraction of sp³-hybridized carbons (Fsp3) is 0.190. The fourth-order valence-corrected chi connectivity index (χ4v) is 6.03. The normalized spacial score (nSPS) is 16.5. The van der Waals surface area contributed by atoms with Gasteiger partial charge in [-0.1, -0.05) is 52.6 Å². The minimum absolute atomic E-state index is 0.0183. The van der Waals surface area contributed by atoms with E-state index in [4.69, 9.17) is 27.7 Å². The molecule has 0 aliphatic carbocycles. The molecule has 0 radical (unpaired) electrons. The molecule has 172 valence electrons. The van der Waals surface area contributed by atoms with E-state index < -0.39 is 27.5 Å². The number of sulfone groups is 1. The lowest BCUT2D eigenvalue weighted by Gasteiger charge is -2.30. The molecule has 0 spiro atoms. The molecule has 33 heavy (non-hydrogen) atoms. The highest BCUT2D eigenvalue weighted by Crippen LogP contribution is 2.34. The summed E-state index contributed by atoms with van der Waals surface area (Å²) < 4.78 is 31.7. The third kappa shape index (κ3) is 5.42. The van der Waals surface area contributed by atoms with Crippen LogP contribution in [-0.2, 0) is 26.1 Å². The van der Waals surface area contributed by atoms with E-state index in [0.717, 1.165) is 4.90 Å². The molecule has 12 heteroatoms. The molecule has 0 saturated carbocycles. The van der Waals surface area contributed by atoms with Gasteiger partial charge in [0.1, 0.15) is 5.75 Å². The predicted octanol–water partition coefficient (Wildman–Crippen LogP) is 4.24. The van der Waals surface area contributed by atoms with Crippen molar-refractivity contribution in [2.45, 2.75) is 22.4 Å². The number of carbonyl (C=O) groups is 2. The topological polar surface area (TPSA) is 110 Å². The lowest BCUT2D eigenvalue weighted by atomic mass is 10.0. The standard InChI is InChI=1S/C21H17Cl2N3O5S2/c1-26-19(20(27)14-4-2-3-5-17(14)32-26)21(28)24-18-9-13(31-25-18)11-33(29,30)10-12-6-7-15(22)16(23)8-12/h2-9,19H,10-11H2,1H3,(H,24,25,28). The molecule has 1 unspecified atom stereocenters. The summed E-state index contributed by atoms with van der Waals surface area (Å²) in [6, 6.07) is 11.9. The number of amides is 1. The number of anilines is 1. The zero-order chi connectivity index (χ0) is 23.8. The van der Waals surface area contributed by atoms with Gasteiger partial charge in [-0.15, -0.1) is 0 Å². The first-order valence-corrected chi connectivity index (χ1v) is 12.9. The molecule has 8 nitrogen and oxygen atoms in total. The van der Waals surface area contributed by atoms with Crippen LogP contribution in [0.25, 0.3) is 0 Å². The summed E-state index contributed by atoms with van der Waals surface area (Å²) in [4.78, 5) is 26.4. The van der Waals surface area contributed by atoms with Crippen molar-refractivity contribution in [2.24, 2.45) is 0 Å². The van der Waals surface area contributed by atoms with Crippen LogP contribution in [0.5, 0.6) is 0 Å².